The van der Waals surface area contributed by atoms with E-state index in [1.54, 1.807) is 4.68 Å². The van der Waals surface area contributed by atoms with Gasteiger partial charge in [0.2, 0.25) is 5.13 Å². The molecule has 2 aromatic heterocycles. The van der Waals surface area contributed by atoms with Crippen LogP contribution in [0.15, 0.2) is 6.20 Å². The van der Waals surface area contributed by atoms with Crippen LogP contribution >= 0.6 is 11.3 Å². The maximum Gasteiger partial charge on any atom is 0.206 e. The van der Waals surface area contributed by atoms with Crippen LogP contribution in [0.1, 0.15) is 10.7 Å². The smallest absolute Gasteiger partial charge is 0.206 e. The predicted octanol–water partition coefficient (Wildman–Crippen LogP) is -1.65. The van der Waals surface area contributed by atoms with Gasteiger partial charge in [0.15, 0.2) is 0 Å². The summed E-state index contributed by atoms with van der Waals surface area (Å²) < 4.78 is 6.98. The Balaban J connectivity index is 1.54. The van der Waals surface area contributed by atoms with Crippen LogP contribution in [0.25, 0.3) is 0 Å². The summed E-state index contributed by atoms with van der Waals surface area (Å²) in [6.07, 6.45) is 0.295. The van der Waals surface area contributed by atoms with Gasteiger partial charge in [0.05, 0.1) is 24.9 Å². The summed E-state index contributed by atoms with van der Waals surface area (Å²) in [5, 5.41) is 49.5. The van der Waals surface area contributed by atoms with Crippen molar-refractivity contribution in [1.82, 2.24) is 25.2 Å². The number of aryl methyl sites for hydroxylation is 3. The highest BCUT2D eigenvalue weighted by molar-refractivity contribution is 7.15. The Bertz CT molecular complexity index is 664. The maximum atomic E-state index is 10.1. The van der Waals surface area contributed by atoms with Crippen molar-refractivity contribution in [3.05, 3.63) is 16.9 Å². The molecule has 0 aromatic carbocycles. The summed E-state index contributed by atoms with van der Waals surface area (Å²) in [6.45, 7) is -0.172. The van der Waals surface area contributed by atoms with Gasteiger partial charge in [-0.05, 0) is 6.42 Å². The average molecular weight is 356 g/mol. The lowest BCUT2D eigenvalue weighted by Crippen LogP contribution is -2.56. The van der Waals surface area contributed by atoms with Crippen LogP contribution in [-0.2, 0) is 24.6 Å². The van der Waals surface area contributed by atoms with Crippen LogP contribution in [0.4, 0.5) is 5.13 Å². The van der Waals surface area contributed by atoms with E-state index < -0.39 is 24.4 Å². The third kappa shape index (κ3) is 3.87. The van der Waals surface area contributed by atoms with E-state index in [0.29, 0.717) is 18.0 Å². The number of aromatic nitrogens is 5. The van der Waals surface area contributed by atoms with E-state index >= 15 is 0 Å². The first-order valence-electron chi connectivity index (χ1n) is 7.59. The van der Waals surface area contributed by atoms with Crippen LogP contribution in [-0.4, -0.2) is 78.1 Å². The van der Waals surface area contributed by atoms with Crippen molar-refractivity contribution in [3.8, 4) is 0 Å². The average Bonchev–Trinajstić information content (AvgIpc) is 3.19. The minimum Gasteiger partial charge on any atom is -0.394 e. The van der Waals surface area contributed by atoms with Crippen molar-refractivity contribution in [2.75, 3.05) is 18.5 Å². The van der Waals surface area contributed by atoms with Crippen molar-refractivity contribution in [3.63, 3.8) is 0 Å². The van der Waals surface area contributed by atoms with Crippen LogP contribution in [0, 0.1) is 0 Å². The standard InChI is InChI=1S/C13H20N6O4S/c1-19-4-7(15-18-19)2-3-10-16-17-13(24-10)14-8-6-23-9(5-20)12(22)11(8)21/h4,8-9,11-12,20-22H,2-3,5-6H2,1H3,(H,14,17)/t8-,9+,11+,12-/m0/s1. The van der Waals surface area contributed by atoms with Crippen molar-refractivity contribution < 1.29 is 20.1 Å². The molecule has 0 unspecified atom stereocenters. The zero-order valence-electron chi connectivity index (χ0n) is 13.1. The molecule has 10 nitrogen and oxygen atoms in total. The highest BCUT2D eigenvalue weighted by Gasteiger charge is 2.38. The van der Waals surface area contributed by atoms with Gasteiger partial charge < -0.3 is 25.4 Å². The van der Waals surface area contributed by atoms with Crippen molar-refractivity contribution in [2.45, 2.75) is 37.2 Å². The van der Waals surface area contributed by atoms with Gasteiger partial charge in [-0.15, -0.1) is 15.3 Å². The fourth-order valence-corrected chi connectivity index (χ4v) is 3.29. The molecule has 1 saturated heterocycles. The topological polar surface area (TPSA) is 138 Å². The predicted molar refractivity (Wildman–Crippen MR) is 84.6 cm³/mol. The molecule has 1 aliphatic heterocycles. The number of aliphatic hydroxyl groups excluding tert-OH is 3. The number of rotatable bonds is 6. The summed E-state index contributed by atoms with van der Waals surface area (Å²) in [7, 11) is 1.82. The first-order valence-corrected chi connectivity index (χ1v) is 8.41. The minimum absolute atomic E-state index is 0.165. The number of aliphatic hydroxyl groups is 3. The maximum absolute atomic E-state index is 10.1. The quantitative estimate of drug-likeness (QED) is 0.479. The normalized spacial score (nSPS) is 27.3. The molecule has 3 rings (SSSR count). The fourth-order valence-electron chi connectivity index (χ4n) is 2.49. The third-order valence-electron chi connectivity index (χ3n) is 3.83. The van der Waals surface area contributed by atoms with Gasteiger partial charge in [-0.2, -0.15) is 0 Å². The van der Waals surface area contributed by atoms with Crippen LogP contribution in [0.5, 0.6) is 0 Å². The molecule has 11 heteroatoms. The Morgan fingerprint density at radius 2 is 2.12 bits per heavy atom. The Morgan fingerprint density at radius 3 is 2.83 bits per heavy atom. The van der Waals surface area contributed by atoms with E-state index in [1.807, 2.05) is 13.2 Å². The third-order valence-corrected chi connectivity index (χ3v) is 4.75. The van der Waals surface area contributed by atoms with E-state index in [4.69, 9.17) is 9.84 Å². The number of nitrogens with zero attached hydrogens (tertiary/aromatic N) is 5. The summed E-state index contributed by atoms with van der Waals surface area (Å²) in [4.78, 5) is 0. The number of nitrogens with one attached hydrogen (secondary N) is 1. The molecule has 132 valence electrons. The molecular weight excluding hydrogens is 336 g/mol. The molecule has 0 radical (unpaired) electrons. The molecule has 4 atom stereocenters. The molecule has 1 aliphatic rings. The van der Waals surface area contributed by atoms with Crippen molar-refractivity contribution in [1.29, 1.82) is 0 Å². The first kappa shape index (κ1) is 17.2. The van der Waals surface area contributed by atoms with Gasteiger partial charge in [0, 0.05) is 19.7 Å². The van der Waals surface area contributed by atoms with Gasteiger partial charge in [-0.25, -0.2) is 0 Å². The van der Waals surface area contributed by atoms with E-state index in [-0.39, 0.29) is 13.2 Å². The second-order valence-electron chi connectivity index (χ2n) is 5.67. The van der Waals surface area contributed by atoms with Crippen LogP contribution in [0.3, 0.4) is 0 Å². The van der Waals surface area contributed by atoms with E-state index in [0.717, 1.165) is 10.7 Å². The monoisotopic (exact) mass is 356 g/mol. The molecule has 2 aromatic rings. The van der Waals surface area contributed by atoms with Gasteiger partial charge >= 0.3 is 0 Å². The van der Waals surface area contributed by atoms with Crippen molar-refractivity contribution >= 4 is 16.5 Å². The van der Waals surface area contributed by atoms with Gasteiger partial charge in [0.1, 0.15) is 23.3 Å². The number of hydrogen-bond donors (Lipinski definition) is 4. The summed E-state index contributed by atoms with van der Waals surface area (Å²) in [5.74, 6) is 0. The Labute approximate surface area is 142 Å². The number of ether oxygens (including phenoxy) is 1. The SMILES string of the molecule is Cn1cc(CCc2nnc(N[C@H]3CO[C@H](CO)[C@H](O)[C@@H]3O)s2)nn1. The molecule has 0 bridgehead atoms. The van der Waals surface area contributed by atoms with Gasteiger partial charge in [-0.1, -0.05) is 16.6 Å². The molecule has 0 aliphatic carbocycles. The second-order valence-corrected chi connectivity index (χ2v) is 6.73. The highest BCUT2D eigenvalue weighted by atomic mass is 32.1. The lowest BCUT2D eigenvalue weighted by atomic mass is 9.99. The Morgan fingerprint density at radius 1 is 1.29 bits per heavy atom. The summed E-state index contributed by atoms with van der Waals surface area (Å²) in [5.41, 5.74) is 0.886. The zero-order valence-corrected chi connectivity index (χ0v) is 13.9. The molecule has 4 N–H and O–H groups in total. The molecule has 3 heterocycles. The molecule has 0 spiro atoms. The second kappa shape index (κ2) is 7.49. The number of anilines is 1. The first-order chi connectivity index (χ1) is 11.6. The number of hydrogen-bond acceptors (Lipinski definition) is 10. The molecule has 0 amide bonds. The van der Waals surface area contributed by atoms with E-state index in [1.165, 1.54) is 11.3 Å². The minimum atomic E-state index is -1.15. The summed E-state index contributed by atoms with van der Waals surface area (Å²) in [6, 6.07) is -0.511. The van der Waals surface area contributed by atoms with Gasteiger partial charge in [0.25, 0.3) is 0 Å². The fraction of sp³-hybridized carbons (Fsp3) is 0.692. The lowest BCUT2D eigenvalue weighted by molar-refractivity contribution is -0.152. The van der Waals surface area contributed by atoms with Crippen LogP contribution < -0.4 is 5.32 Å². The van der Waals surface area contributed by atoms with Crippen molar-refractivity contribution in [2.24, 2.45) is 7.05 Å². The van der Waals surface area contributed by atoms with E-state index in [2.05, 4.69) is 25.8 Å². The lowest BCUT2D eigenvalue weighted by Gasteiger charge is -2.36. The van der Waals surface area contributed by atoms with E-state index in [9.17, 15) is 10.2 Å². The zero-order chi connectivity index (χ0) is 17.1. The largest absolute Gasteiger partial charge is 0.394 e. The highest BCUT2D eigenvalue weighted by Crippen LogP contribution is 2.22. The van der Waals surface area contributed by atoms with Gasteiger partial charge in [-0.3, -0.25) is 4.68 Å². The Hall–Kier alpha value is -1.66. The Kier molecular flexibility index (Phi) is 5.36. The molecule has 1 fully saturated rings. The molecular formula is C13H20N6O4S. The molecule has 0 saturated carbocycles. The van der Waals surface area contributed by atoms with Crippen LogP contribution in [0.2, 0.25) is 0 Å². The summed E-state index contributed by atoms with van der Waals surface area (Å²) >= 11 is 1.38. The molecule has 24 heavy (non-hydrogen) atoms.